The average molecular weight is 202 g/mol. The molecule has 0 aliphatic heterocycles. The van der Waals surface area contributed by atoms with E-state index in [1.165, 1.54) is 0 Å². The Kier molecular flexibility index (Phi) is 1.83. The Morgan fingerprint density at radius 1 is 1.20 bits per heavy atom. The van der Waals surface area contributed by atoms with Crippen LogP contribution < -0.4 is 11.1 Å². The number of hydrogen-bond acceptors (Lipinski definition) is 2. The van der Waals surface area contributed by atoms with Crippen molar-refractivity contribution in [3.63, 3.8) is 0 Å². The lowest BCUT2D eigenvalue weighted by molar-refractivity contribution is 0.761. The molecule has 0 bridgehead atoms. The van der Waals surface area contributed by atoms with Crippen molar-refractivity contribution in [2.24, 2.45) is 0 Å². The number of aromatic nitrogens is 1. The highest BCUT2D eigenvalue weighted by atomic mass is 35.6. The Labute approximate surface area is 70.8 Å². The minimum Gasteiger partial charge on any atom is -0.263 e. The van der Waals surface area contributed by atoms with E-state index < -0.39 is 14.9 Å². The fourth-order valence-corrected chi connectivity index (χ4v) is 0.846. The summed E-state index contributed by atoms with van der Waals surface area (Å²) in [6.45, 7) is -0.157. The van der Waals surface area contributed by atoms with Crippen molar-refractivity contribution < 1.29 is 0 Å². The number of halogens is 3. The second kappa shape index (κ2) is 2.26. The lowest BCUT2D eigenvalue weighted by Crippen LogP contribution is -2.13. The van der Waals surface area contributed by atoms with Gasteiger partial charge < -0.3 is 0 Å². The van der Waals surface area contributed by atoms with Gasteiger partial charge in [0.2, 0.25) is 3.79 Å². The maximum atomic E-state index is 10.3. The molecule has 0 unspecified atom stereocenters. The highest BCUT2D eigenvalue weighted by Gasteiger charge is 2.27. The van der Waals surface area contributed by atoms with Gasteiger partial charge in [-0.15, -0.1) is 0 Å². The van der Waals surface area contributed by atoms with E-state index in [4.69, 9.17) is 34.8 Å². The van der Waals surface area contributed by atoms with Crippen LogP contribution in [0.15, 0.2) is 9.59 Å². The zero-order chi connectivity index (χ0) is 7.94. The molecule has 0 aromatic carbocycles. The highest BCUT2D eigenvalue weighted by Crippen LogP contribution is 2.26. The molecule has 6 heteroatoms. The molecule has 1 rings (SSSR count). The van der Waals surface area contributed by atoms with E-state index in [1.807, 2.05) is 0 Å². The first-order valence-corrected chi connectivity index (χ1v) is 3.48. The molecule has 0 radical (unpaired) electrons. The zero-order valence-corrected chi connectivity index (χ0v) is 6.87. The molecule has 0 atom stereocenters. The maximum absolute atomic E-state index is 10.3. The molecule has 0 spiro atoms. The van der Waals surface area contributed by atoms with Gasteiger partial charge in [0.1, 0.15) is 0 Å². The first-order valence-electron chi connectivity index (χ1n) is 2.34. The van der Waals surface area contributed by atoms with Crippen molar-refractivity contribution in [2.75, 3.05) is 0 Å². The van der Waals surface area contributed by atoms with Gasteiger partial charge in [0.05, 0.1) is 6.54 Å². The van der Waals surface area contributed by atoms with Crippen molar-refractivity contribution in [3.05, 3.63) is 20.7 Å². The predicted octanol–water partition coefficient (Wildman–Crippen LogP) is 0.454. The number of alkyl halides is 3. The summed E-state index contributed by atoms with van der Waals surface area (Å²) in [7, 11) is 0. The van der Waals surface area contributed by atoms with Crippen molar-refractivity contribution >= 4 is 34.8 Å². The van der Waals surface area contributed by atoms with E-state index in [2.05, 4.69) is 0 Å². The van der Waals surface area contributed by atoms with Gasteiger partial charge in [0, 0.05) is 0 Å². The van der Waals surface area contributed by atoms with Crippen molar-refractivity contribution in [3.8, 4) is 0 Å². The molecule has 56 valence electrons. The normalized spacial score (nSPS) is 12.7. The second-order valence-corrected chi connectivity index (χ2v) is 4.33. The van der Waals surface area contributed by atoms with Crippen LogP contribution in [0.3, 0.4) is 0 Å². The predicted molar refractivity (Wildman–Crippen MR) is 39.6 cm³/mol. The Balaban J connectivity index is 2.68. The lowest BCUT2D eigenvalue weighted by atomic mass is 10.7. The van der Waals surface area contributed by atoms with Gasteiger partial charge in [0.25, 0.3) is 0 Å². The van der Waals surface area contributed by atoms with Crippen LogP contribution in [0.25, 0.3) is 0 Å². The van der Waals surface area contributed by atoms with Crippen molar-refractivity contribution in [2.45, 2.75) is 10.3 Å². The van der Waals surface area contributed by atoms with Crippen molar-refractivity contribution in [1.82, 2.24) is 4.57 Å². The molecular formula is C4H2Cl3NO2. The third-order valence-corrected chi connectivity index (χ3v) is 1.32. The SMILES string of the molecule is O=c1c(=O)n1CC(Cl)(Cl)Cl. The minimum atomic E-state index is -1.55. The molecule has 0 aliphatic rings. The first-order chi connectivity index (χ1) is 4.42. The van der Waals surface area contributed by atoms with Gasteiger partial charge in [-0.25, -0.2) is 0 Å². The molecule has 0 fully saturated rings. The van der Waals surface area contributed by atoms with Crippen LogP contribution in [0.2, 0.25) is 0 Å². The Hall–Kier alpha value is 0.01000. The van der Waals surface area contributed by atoms with Gasteiger partial charge in [-0.1, -0.05) is 34.8 Å². The van der Waals surface area contributed by atoms with E-state index >= 15 is 0 Å². The fraction of sp³-hybridized carbons (Fsp3) is 0.500. The molecular weight excluding hydrogens is 200 g/mol. The van der Waals surface area contributed by atoms with Crippen LogP contribution in [0.5, 0.6) is 0 Å². The van der Waals surface area contributed by atoms with Crippen LogP contribution in [-0.4, -0.2) is 8.36 Å². The molecule has 0 N–H and O–H groups in total. The highest BCUT2D eigenvalue weighted by molar-refractivity contribution is 6.67. The smallest absolute Gasteiger partial charge is 0.263 e. The third kappa shape index (κ3) is 1.75. The van der Waals surface area contributed by atoms with Crippen LogP contribution in [0.1, 0.15) is 0 Å². The van der Waals surface area contributed by atoms with Crippen LogP contribution in [0, 0.1) is 0 Å². The van der Waals surface area contributed by atoms with E-state index in [1.54, 1.807) is 0 Å². The molecule has 0 amide bonds. The van der Waals surface area contributed by atoms with Gasteiger partial charge >= 0.3 is 11.1 Å². The van der Waals surface area contributed by atoms with Crippen molar-refractivity contribution in [1.29, 1.82) is 0 Å². The van der Waals surface area contributed by atoms with Gasteiger partial charge in [-0.3, -0.25) is 14.2 Å². The standard InChI is InChI=1S/C4H2Cl3NO2/c5-4(6,7)1-8-2(9)3(8)10/h1H2. The molecule has 0 saturated carbocycles. The largest absolute Gasteiger partial charge is 0.319 e. The summed E-state index contributed by atoms with van der Waals surface area (Å²) >= 11 is 15.9. The minimum absolute atomic E-state index is 0.157. The topological polar surface area (TPSA) is 39.1 Å². The van der Waals surface area contributed by atoms with Crippen LogP contribution >= 0.6 is 34.8 Å². The number of nitrogens with zero attached hydrogens (tertiary/aromatic N) is 1. The van der Waals surface area contributed by atoms with E-state index in [0.717, 1.165) is 4.57 Å². The molecule has 0 saturated heterocycles. The number of hydrogen-bond donors (Lipinski definition) is 0. The Morgan fingerprint density at radius 3 is 1.70 bits per heavy atom. The van der Waals surface area contributed by atoms with E-state index in [0.29, 0.717) is 0 Å². The van der Waals surface area contributed by atoms with Gasteiger partial charge in [0.15, 0.2) is 0 Å². The Bertz CT molecular complexity index is 278. The third-order valence-electron chi connectivity index (χ3n) is 0.961. The molecule has 1 heterocycles. The summed E-state index contributed by atoms with van der Waals surface area (Å²) in [5, 5.41) is 0. The van der Waals surface area contributed by atoms with E-state index in [-0.39, 0.29) is 6.54 Å². The Morgan fingerprint density at radius 2 is 1.60 bits per heavy atom. The zero-order valence-electron chi connectivity index (χ0n) is 4.60. The van der Waals surface area contributed by atoms with E-state index in [9.17, 15) is 9.59 Å². The maximum Gasteiger partial charge on any atom is 0.319 e. The monoisotopic (exact) mass is 201 g/mol. The summed E-state index contributed by atoms with van der Waals surface area (Å²) in [6.07, 6.45) is 0. The summed E-state index contributed by atoms with van der Waals surface area (Å²) in [4.78, 5) is 20.6. The van der Waals surface area contributed by atoms with Gasteiger partial charge in [-0.05, 0) is 0 Å². The summed E-state index contributed by atoms with van der Waals surface area (Å²) in [5.41, 5.74) is -1.18. The van der Waals surface area contributed by atoms with Gasteiger partial charge in [-0.2, -0.15) is 0 Å². The number of rotatable bonds is 1. The molecule has 1 aromatic heterocycles. The molecule has 0 aliphatic carbocycles. The molecule has 3 nitrogen and oxygen atoms in total. The first kappa shape index (κ1) is 8.11. The fourth-order valence-electron chi connectivity index (χ4n) is 0.487. The van der Waals surface area contributed by atoms with Crippen LogP contribution in [0.4, 0.5) is 0 Å². The average Bonchev–Trinajstić information content (AvgIpc) is 2.19. The van der Waals surface area contributed by atoms with Crippen LogP contribution in [-0.2, 0) is 6.54 Å². The lowest BCUT2D eigenvalue weighted by Gasteiger charge is -2.05. The summed E-state index contributed by atoms with van der Waals surface area (Å²) in [5.74, 6) is 0. The summed E-state index contributed by atoms with van der Waals surface area (Å²) in [6, 6.07) is 0. The second-order valence-electron chi connectivity index (χ2n) is 1.81. The quantitative estimate of drug-likeness (QED) is 0.490. The molecule has 10 heavy (non-hydrogen) atoms. The summed E-state index contributed by atoms with van der Waals surface area (Å²) < 4.78 is -0.686. The molecule has 1 aromatic rings.